The normalized spacial score (nSPS) is 13.7. The summed E-state index contributed by atoms with van der Waals surface area (Å²) in [6.07, 6.45) is 3.11. The molecule has 0 spiro atoms. The number of aromatic nitrogens is 2. The Balaban J connectivity index is 2.19. The van der Waals surface area contributed by atoms with Crippen LogP contribution in [0.1, 0.15) is 12.5 Å². The molecule has 1 aromatic carbocycles. The molecular formula is C17H16ClN2O3. The molecule has 23 heavy (non-hydrogen) atoms. The van der Waals surface area contributed by atoms with Gasteiger partial charge < -0.3 is 9.47 Å². The molecule has 0 saturated carbocycles. The molecule has 0 saturated heterocycles. The molecular weight excluding hydrogens is 316 g/mol. The number of fused-ring (bicyclic) bond motifs is 1. The highest BCUT2D eigenvalue weighted by molar-refractivity contribution is 6.33. The zero-order chi connectivity index (χ0) is 16.4. The number of halogens is 1. The first kappa shape index (κ1) is 15.7. The van der Waals surface area contributed by atoms with E-state index in [2.05, 4.69) is 18.0 Å². The fourth-order valence-corrected chi connectivity index (χ4v) is 2.95. The molecule has 1 aromatic heterocycles. The summed E-state index contributed by atoms with van der Waals surface area (Å²) in [5.41, 5.74) is 1.55. The molecule has 5 nitrogen and oxygen atoms in total. The van der Waals surface area contributed by atoms with Crippen molar-refractivity contribution in [1.82, 2.24) is 9.36 Å². The highest BCUT2D eigenvalue weighted by atomic mass is 35.5. The number of hydrogen-bond donors (Lipinski definition) is 0. The predicted octanol–water partition coefficient (Wildman–Crippen LogP) is 2.18. The summed E-state index contributed by atoms with van der Waals surface area (Å²) < 4.78 is 14.2. The van der Waals surface area contributed by atoms with Gasteiger partial charge in [-0.25, -0.2) is 4.68 Å². The first-order valence-electron chi connectivity index (χ1n) is 7.27. The summed E-state index contributed by atoms with van der Waals surface area (Å²) in [5, 5.41) is 0.424. The van der Waals surface area contributed by atoms with Gasteiger partial charge in [-0.2, -0.15) is 0 Å². The molecule has 119 valence electrons. The minimum absolute atomic E-state index is 0.148. The summed E-state index contributed by atoms with van der Waals surface area (Å²) >= 11 is 6.40. The Morgan fingerprint density at radius 1 is 1.35 bits per heavy atom. The van der Waals surface area contributed by atoms with Crippen LogP contribution in [0.5, 0.6) is 5.75 Å². The molecule has 0 amide bonds. The summed E-state index contributed by atoms with van der Waals surface area (Å²) in [6.45, 7) is 3.89. The van der Waals surface area contributed by atoms with Crippen molar-refractivity contribution in [2.45, 2.75) is 20.0 Å². The summed E-state index contributed by atoms with van der Waals surface area (Å²) in [6, 6.07) is 3.52. The highest BCUT2D eigenvalue weighted by Gasteiger charge is 2.21. The van der Waals surface area contributed by atoms with E-state index in [4.69, 9.17) is 21.1 Å². The monoisotopic (exact) mass is 331 g/mol. The van der Waals surface area contributed by atoms with Gasteiger partial charge in [-0.05, 0) is 19.1 Å². The van der Waals surface area contributed by atoms with E-state index < -0.39 is 0 Å². The van der Waals surface area contributed by atoms with Gasteiger partial charge in [0.1, 0.15) is 5.75 Å². The number of benzene rings is 1. The second-order valence-electron chi connectivity index (χ2n) is 5.06. The van der Waals surface area contributed by atoms with Crippen molar-refractivity contribution in [2.75, 3.05) is 20.3 Å². The minimum atomic E-state index is -0.148. The van der Waals surface area contributed by atoms with Gasteiger partial charge in [-0.15, -0.1) is 5.92 Å². The molecule has 0 N–H and O–H groups in total. The van der Waals surface area contributed by atoms with Crippen LogP contribution in [-0.2, 0) is 17.8 Å². The highest BCUT2D eigenvalue weighted by Crippen LogP contribution is 2.36. The largest absolute Gasteiger partial charge is 0.496 e. The second-order valence-corrected chi connectivity index (χ2v) is 5.47. The van der Waals surface area contributed by atoms with E-state index >= 15 is 0 Å². The molecule has 1 radical (unpaired) electrons. The molecule has 2 heterocycles. The number of rotatable bonds is 2. The lowest BCUT2D eigenvalue weighted by Crippen LogP contribution is -2.23. The van der Waals surface area contributed by atoms with Crippen molar-refractivity contribution in [3.63, 3.8) is 0 Å². The van der Waals surface area contributed by atoms with E-state index in [9.17, 15) is 4.79 Å². The van der Waals surface area contributed by atoms with E-state index in [0.717, 1.165) is 5.56 Å². The van der Waals surface area contributed by atoms with Gasteiger partial charge in [0.15, 0.2) is 0 Å². The summed E-state index contributed by atoms with van der Waals surface area (Å²) in [4.78, 5) is 12.7. The number of hydrogen-bond acceptors (Lipinski definition) is 3. The van der Waals surface area contributed by atoms with E-state index in [1.165, 1.54) is 0 Å². The van der Waals surface area contributed by atoms with Crippen LogP contribution in [-0.4, -0.2) is 29.7 Å². The Labute approximate surface area is 139 Å². The van der Waals surface area contributed by atoms with Crippen molar-refractivity contribution >= 4 is 11.6 Å². The van der Waals surface area contributed by atoms with Crippen LogP contribution in [0.4, 0.5) is 0 Å². The molecule has 1 aliphatic heterocycles. The zero-order valence-electron chi connectivity index (χ0n) is 13.0. The minimum Gasteiger partial charge on any atom is -0.496 e. The maximum Gasteiger partial charge on any atom is 0.275 e. The van der Waals surface area contributed by atoms with E-state index in [-0.39, 0.29) is 5.56 Å². The lowest BCUT2D eigenvalue weighted by atomic mass is 10.1. The van der Waals surface area contributed by atoms with Gasteiger partial charge in [-0.3, -0.25) is 9.48 Å². The number of nitrogens with zero attached hydrogens (tertiary/aromatic N) is 2. The topological polar surface area (TPSA) is 45.4 Å². The van der Waals surface area contributed by atoms with Crippen molar-refractivity contribution in [2.24, 2.45) is 0 Å². The number of ether oxygens (including phenoxy) is 2. The third-order valence-corrected chi connectivity index (χ3v) is 3.97. The molecule has 6 heteroatoms. The molecule has 0 fully saturated rings. The van der Waals surface area contributed by atoms with Crippen LogP contribution in [0.15, 0.2) is 16.9 Å². The van der Waals surface area contributed by atoms with E-state index in [0.29, 0.717) is 48.2 Å². The van der Waals surface area contributed by atoms with Crippen LogP contribution < -0.4 is 10.3 Å². The van der Waals surface area contributed by atoms with Crippen LogP contribution in [0, 0.1) is 18.0 Å². The maximum absolute atomic E-state index is 12.7. The van der Waals surface area contributed by atoms with Crippen molar-refractivity contribution in [3.8, 4) is 28.7 Å². The van der Waals surface area contributed by atoms with Gasteiger partial charge in [0.2, 0.25) is 0 Å². The smallest absolute Gasteiger partial charge is 0.275 e. The van der Waals surface area contributed by atoms with Gasteiger partial charge in [0.25, 0.3) is 5.56 Å². The molecule has 1 aliphatic rings. The van der Waals surface area contributed by atoms with Crippen LogP contribution in [0.2, 0.25) is 5.02 Å². The summed E-state index contributed by atoms with van der Waals surface area (Å²) in [5.74, 6) is 6.28. The zero-order valence-corrected chi connectivity index (χ0v) is 13.7. The van der Waals surface area contributed by atoms with Crippen molar-refractivity contribution in [3.05, 3.63) is 39.3 Å². The Morgan fingerprint density at radius 2 is 2.13 bits per heavy atom. The third-order valence-electron chi connectivity index (χ3n) is 3.67. The Hall–Kier alpha value is -2.16. The van der Waals surface area contributed by atoms with Crippen LogP contribution in [0.3, 0.4) is 0 Å². The lowest BCUT2D eigenvalue weighted by Gasteiger charge is -2.09. The molecule has 0 aliphatic carbocycles. The second kappa shape index (κ2) is 6.53. The number of methoxy groups -OCH3 is 1. The Morgan fingerprint density at radius 3 is 2.87 bits per heavy atom. The average Bonchev–Trinajstić information content (AvgIpc) is 2.72. The maximum atomic E-state index is 12.7. The first-order chi connectivity index (χ1) is 11.2. The quantitative estimate of drug-likeness (QED) is 0.792. The molecule has 0 unspecified atom stereocenters. The average molecular weight is 332 g/mol. The fraction of sp³-hybridized carbons (Fsp3) is 0.353. The van der Waals surface area contributed by atoms with Crippen LogP contribution >= 0.6 is 11.6 Å². The molecule has 3 rings (SSSR count). The first-order valence-corrected chi connectivity index (χ1v) is 7.65. The van der Waals surface area contributed by atoms with E-state index in [1.807, 2.05) is 0 Å². The predicted molar refractivity (Wildman–Crippen MR) is 87.9 cm³/mol. The standard InChI is InChI=1S/C17H16ClN2O3/c1-3-4-12-9-14(18)16(15(10-12)22-2)13-11-19-5-7-23-8-6-20(19)17(13)21/h9-10H,5-8H2,1-2H3. The van der Waals surface area contributed by atoms with E-state index in [1.54, 1.807) is 35.5 Å². The SMILES string of the molecule is CC#Cc1cc(Cl)c(-c2[c]n3n(c2=O)CCOCC3)c(OC)c1. The Bertz CT molecular complexity index is 855. The summed E-state index contributed by atoms with van der Waals surface area (Å²) in [7, 11) is 1.55. The van der Waals surface area contributed by atoms with Gasteiger partial charge in [0.05, 0.1) is 55.8 Å². The van der Waals surface area contributed by atoms with Gasteiger partial charge >= 0.3 is 0 Å². The van der Waals surface area contributed by atoms with Crippen LogP contribution in [0.25, 0.3) is 11.1 Å². The third kappa shape index (κ3) is 2.88. The van der Waals surface area contributed by atoms with Crippen molar-refractivity contribution in [1.29, 1.82) is 0 Å². The fourth-order valence-electron chi connectivity index (χ4n) is 2.64. The molecule has 0 atom stereocenters. The molecule has 2 aromatic rings. The Kier molecular flexibility index (Phi) is 4.46. The van der Waals surface area contributed by atoms with Gasteiger partial charge in [-0.1, -0.05) is 17.5 Å². The van der Waals surface area contributed by atoms with Gasteiger partial charge in [0, 0.05) is 5.56 Å². The molecule has 0 bridgehead atoms. The van der Waals surface area contributed by atoms with Crippen molar-refractivity contribution < 1.29 is 9.47 Å². The lowest BCUT2D eigenvalue weighted by molar-refractivity contribution is 0.137.